The Hall–Kier alpha value is -0.940. The summed E-state index contributed by atoms with van der Waals surface area (Å²) in [5.41, 5.74) is 0.124. The molecular formula is C14H14N2OS2. The molecule has 0 spiro atoms. The molecule has 2 aromatic rings. The van der Waals surface area contributed by atoms with Crippen molar-refractivity contribution in [2.45, 2.75) is 25.3 Å². The number of nitrogens with zero attached hydrogens (tertiary/aromatic N) is 1. The summed E-state index contributed by atoms with van der Waals surface area (Å²) in [6.07, 6.45) is 4.14. The van der Waals surface area contributed by atoms with Crippen LogP contribution in [0.25, 0.3) is 10.2 Å². The van der Waals surface area contributed by atoms with Gasteiger partial charge in [-0.25, -0.2) is 0 Å². The maximum Gasteiger partial charge on any atom is 0.263 e. The molecule has 19 heavy (non-hydrogen) atoms. The maximum absolute atomic E-state index is 12.6. The lowest BCUT2D eigenvalue weighted by molar-refractivity contribution is 0.443. The average Bonchev–Trinajstić information content (AvgIpc) is 2.81. The monoisotopic (exact) mass is 290 g/mol. The fourth-order valence-electron chi connectivity index (χ4n) is 4.85. The number of H-pyrrole nitrogens is 1. The van der Waals surface area contributed by atoms with Crippen molar-refractivity contribution < 1.29 is 0 Å². The van der Waals surface area contributed by atoms with Crippen LogP contribution < -0.4 is 5.56 Å². The summed E-state index contributed by atoms with van der Waals surface area (Å²) in [7, 11) is 0. The van der Waals surface area contributed by atoms with E-state index >= 15 is 0 Å². The van der Waals surface area contributed by atoms with E-state index in [-0.39, 0.29) is 5.56 Å². The molecule has 2 bridgehead atoms. The molecule has 0 aromatic carbocycles. The van der Waals surface area contributed by atoms with Crippen molar-refractivity contribution >= 4 is 33.8 Å². The van der Waals surface area contributed by atoms with E-state index in [1.165, 1.54) is 19.3 Å². The van der Waals surface area contributed by atoms with Crippen LogP contribution in [0.1, 0.15) is 25.3 Å². The molecule has 98 valence electrons. The largest absolute Gasteiger partial charge is 0.323 e. The van der Waals surface area contributed by atoms with Gasteiger partial charge >= 0.3 is 0 Å². The van der Waals surface area contributed by atoms with Crippen LogP contribution in [0.2, 0.25) is 0 Å². The van der Waals surface area contributed by atoms with Gasteiger partial charge in [0.05, 0.1) is 5.39 Å². The quantitative estimate of drug-likeness (QED) is 0.818. The molecule has 0 amide bonds. The van der Waals surface area contributed by atoms with Crippen LogP contribution in [-0.2, 0) is 0 Å². The molecule has 3 nitrogen and oxygen atoms in total. The third kappa shape index (κ3) is 1.23. The van der Waals surface area contributed by atoms with Crippen LogP contribution in [0.3, 0.4) is 0 Å². The molecule has 0 saturated heterocycles. The molecule has 3 aliphatic carbocycles. The lowest BCUT2D eigenvalue weighted by Crippen LogP contribution is -2.23. The Morgan fingerprint density at radius 3 is 2.79 bits per heavy atom. The minimum atomic E-state index is 0.124. The molecule has 2 aromatic heterocycles. The van der Waals surface area contributed by atoms with Gasteiger partial charge in [0.1, 0.15) is 4.83 Å². The van der Waals surface area contributed by atoms with Gasteiger partial charge in [0.2, 0.25) is 0 Å². The van der Waals surface area contributed by atoms with Gasteiger partial charge in [0.25, 0.3) is 5.56 Å². The van der Waals surface area contributed by atoms with Gasteiger partial charge in [-0.3, -0.25) is 9.36 Å². The first kappa shape index (κ1) is 10.8. The normalized spacial score (nSPS) is 38.8. The van der Waals surface area contributed by atoms with Crippen LogP contribution in [0.4, 0.5) is 0 Å². The highest BCUT2D eigenvalue weighted by Gasteiger charge is 2.66. The Bertz CT molecular complexity index is 786. The molecule has 4 atom stereocenters. The van der Waals surface area contributed by atoms with E-state index < -0.39 is 0 Å². The van der Waals surface area contributed by atoms with E-state index in [1.807, 2.05) is 16.0 Å². The Labute approximate surface area is 119 Å². The molecule has 5 heteroatoms. The third-order valence-electron chi connectivity index (χ3n) is 5.55. The molecule has 1 N–H and O–H groups in total. The summed E-state index contributed by atoms with van der Waals surface area (Å²) < 4.78 is 2.52. The van der Waals surface area contributed by atoms with Gasteiger partial charge in [-0.05, 0) is 66.6 Å². The lowest BCUT2D eigenvalue weighted by Gasteiger charge is -2.11. The van der Waals surface area contributed by atoms with Gasteiger partial charge in [0, 0.05) is 6.04 Å². The summed E-state index contributed by atoms with van der Waals surface area (Å²) in [5.74, 6) is 3.20. The molecule has 3 aliphatic rings. The summed E-state index contributed by atoms with van der Waals surface area (Å²) in [5, 5.41) is 2.76. The summed E-state index contributed by atoms with van der Waals surface area (Å²) in [6.45, 7) is 0. The number of aromatic nitrogens is 2. The van der Waals surface area contributed by atoms with E-state index in [2.05, 4.69) is 4.98 Å². The number of nitrogens with one attached hydrogen (secondary N) is 1. The number of rotatable bonds is 1. The van der Waals surface area contributed by atoms with E-state index in [0.29, 0.717) is 10.8 Å². The SMILES string of the molecule is O=c1c2ccsc2[nH]c(=S)n1C1C2C3CCC(C3)C21. The highest BCUT2D eigenvalue weighted by Crippen LogP contribution is 2.71. The Kier molecular flexibility index (Phi) is 1.92. The number of hydrogen-bond donors (Lipinski definition) is 1. The first-order valence-corrected chi connectivity index (χ1v) is 8.26. The van der Waals surface area contributed by atoms with Gasteiger partial charge in [-0.1, -0.05) is 0 Å². The lowest BCUT2D eigenvalue weighted by atomic mass is 10.0. The molecule has 2 heterocycles. The van der Waals surface area contributed by atoms with E-state index in [9.17, 15) is 4.79 Å². The molecule has 5 rings (SSSR count). The molecule has 4 unspecified atom stereocenters. The van der Waals surface area contributed by atoms with Crippen molar-refractivity contribution in [2.75, 3.05) is 0 Å². The number of fused-ring (bicyclic) bond motifs is 6. The number of thiophene rings is 1. The molecule has 3 saturated carbocycles. The van der Waals surface area contributed by atoms with Gasteiger partial charge in [-0.2, -0.15) is 0 Å². The van der Waals surface area contributed by atoms with Gasteiger partial charge in [-0.15, -0.1) is 11.3 Å². The van der Waals surface area contributed by atoms with Crippen molar-refractivity contribution in [3.8, 4) is 0 Å². The minimum Gasteiger partial charge on any atom is -0.323 e. The fourth-order valence-corrected chi connectivity index (χ4v) is 6.00. The molecule has 3 fully saturated rings. The van der Waals surface area contributed by atoms with Crippen LogP contribution in [-0.4, -0.2) is 9.55 Å². The van der Waals surface area contributed by atoms with Crippen molar-refractivity contribution in [2.24, 2.45) is 23.7 Å². The van der Waals surface area contributed by atoms with E-state index in [1.54, 1.807) is 11.3 Å². The first-order valence-electron chi connectivity index (χ1n) is 6.98. The van der Waals surface area contributed by atoms with Crippen molar-refractivity contribution in [1.29, 1.82) is 0 Å². The molecular weight excluding hydrogens is 276 g/mol. The van der Waals surface area contributed by atoms with Crippen molar-refractivity contribution in [1.82, 2.24) is 9.55 Å². The van der Waals surface area contributed by atoms with Crippen molar-refractivity contribution in [3.63, 3.8) is 0 Å². The first-order chi connectivity index (χ1) is 9.25. The van der Waals surface area contributed by atoms with E-state index in [4.69, 9.17) is 12.2 Å². The van der Waals surface area contributed by atoms with Gasteiger partial charge < -0.3 is 4.98 Å². The Morgan fingerprint density at radius 2 is 2.05 bits per heavy atom. The van der Waals surface area contributed by atoms with Gasteiger partial charge in [0.15, 0.2) is 4.77 Å². The second-order valence-corrected chi connectivity index (χ2v) is 7.55. The summed E-state index contributed by atoms with van der Waals surface area (Å²) in [6, 6.07) is 2.31. The predicted molar refractivity (Wildman–Crippen MR) is 78.1 cm³/mol. The third-order valence-corrected chi connectivity index (χ3v) is 6.68. The summed E-state index contributed by atoms with van der Waals surface area (Å²) in [4.78, 5) is 16.8. The zero-order valence-electron chi connectivity index (χ0n) is 10.3. The van der Waals surface area contributed by atoms with Crippen LogP contribution in [0.15, 0.2) is 16.2 Å². The predicted octanol–water partition coefficient (Wildman–Crippen LogP) is 3.34. The summed E-state index contributed by atoms with van der Waals surface area (Å²) >= 11 is 6.99. The van der Waals surface area contributed by atoms with E-state index in [0.717, 1.165) is 33.9 Å². The maximum atomic E-state index is 12.6. The second-order valence-electron chi connectivity index (χ2n) is 6.25. The number of aromatic amines is 1. The topological polar surface area (TPSA) is 37.8 Å². The zero-order valence-corrected chi connectivity index (χ0v) is 12.0. The van der Waals surface area contributed by atoms with Crippen LogP contribution >= 0.6 is 23.6 Å². The second kappa shape index (κ2) is 3.38. The fraction of sp³-hybridized carbons (Fsp3) is 0.571. The number of hydrogen-bond acceptors (Lipinski definition) is 3. The highest BCUT2D eigenvalue weighted by molar-refractivity contribution is 7.71. The Balaban J connectivity index is 1.71. The van der Waals surface area contributed by atoms with Crippen LogP contribution in [0, 0.1) is 28.4 Å². The smallest absolute Gasteiger partial charge is 0.263 e. The molecule has 0 radical (unpaired) electrons. The standard InChI is InChI=1S/C14H14N2OS2/c17-13-8-3-4-19-12(8)15-14(18)16(13)11-9-6-1-2-7(5-6)10(9)11/h3-4,6-7,9-11H,1-2,5H2,(H,15,18). The Morgan fingerprint density at radius 1 is 1.32 bits per heavy atom. The molecule has 0 aliphatic heterocycles. The minimum absolute atomic E-state index is 0.124. The zero-order chi connectivity index (χ0) is 12.7. The highest BCUT2D eigenvalue weighted by atomic mass is 32.1. The van der Waals surface area contributed by atoms with Crippen molar-refractivity contribution in [3.05, 3.63) is 26.6 Å². The van der Waals surface area contributed by atoms with Crippen LogP contribution in [0.5, 0.6) is 0 Å². The average molecular weight is 290 g/mol.